The maximum atomic E-state index is 9.16. The summed E-state index contributed by atoms with van der Waals surface area (Å²) in [6, 6.07) is 0. The molecular formula is C6H12O6. The predicted octanol–water partition coefficient (Wildman–Crippen LogP) is -1.70. The number of hydrogen-bond donors (Lipinski definition) is 4. The number of aliphatic hydroxyl groups excluding tert-OH is 3. The molecule has 1 saturated heterocycles. The molecule has 0 radical (unpaired) electrons. The number of aliphatic hydroxyl groups is 3. The van der Waals surface area contributed by atoms with E-state index in [2.05, 4.69) is 4.89 Å². The molecule has 0 amide bonds. The second kappa shape index (κ2) is 3.65. The summed E-state index contributed by atoms with van der Waals surface area (Å²) in [4.78, 5) is 3.75. The van der Waals surface area contributed by atoms with Crippen molar-refractivity contribution in [1.82, 2.24) is 0 Å². The Morgan fingerprint density at radius 2 is 1.67 bits per heavy atom. The van der Waals surface area contributed by atoms with E-state index < -0.39 is 30.7 Å². The highest BCUT2D eigenvalue weighted by molar-refractivity contribution is 4.86. The highest BCUT2D eigenvalue weighted by atomic mass is 17.1. The molecular weight excluding hydrogens is 168 g/mol. The molecule has 0 bridgehead atoms. The van der Waals surface area contributed by atoms with Crippen LogP contribution in [-0.2, 0) is 9.62 Å². The molecule has 4 N–H and O–H groups in total. The summed E-state index contributed by atoms with van der Waals surface area (Å²) in [7, 11) is 0. The highest BCUT2D eigenvalue weighted by Crippen LogP contribution is 2.20. The number of rotatable bonds is 1. The van der Waals surface area contributed by atoms with Gasteiger partial charge < -0.3 is 20.1 Å². The maximum absolute atomic E-state index is 9.16. The van der Waals surface area contributed by atoms with Crippen molar-refractivity contribution < 1.29 is 30.2 Å². The molecule has 6 heteroatoms. The fourth-order valence-electron chi connectivity index (χ4n) is 1.10. The molecule has 12 heavy (non-hydrogen) atoms. The van der Waals surface area contributed by atoms with Crippen molar-refractivity contribution in [2.24, 2.45) is 0 Å². The van der Waals surface area contributed by atoms with E-state index in [-0.39, 0.29) is 0 Å². The van der Waals surface area contributed by atoms with Crippen LogP contribution in [0.1, 0.15) is 6.92 Å². The summed E-state index contributed by atoms with van der Waals surface area (Å²) < 4.78 is 4.80. The molecule has 1 heterocycles. The van der Waals surface area contributed by atoms with Gasteiger partial charge in [0, 0.05) is 0 Å². The number of hydrogen-bond acceptors (Lipinski definition) is 6. The van der Waals surface area contributed by atoms with Crippen LogP contribution in [0.15, 0.2) is 0 Å². The van der Waals surface area contributed by atoms with E-state index in [4.69, 9.17) is 25.3 Å². The van der Waals surface area contributed by atoms with Gasteiger partial charge in [0.25, 0.3) is 0 Å². The molecule has 0 aromatic heterocycles. The van der Waals surface area contributed by atoms with Crippen LogP contribution < -0.4 is 0 Å². The standard InChI is InChI=1S/C6H12O6/c1-2-3(7)4(8)5(9)6(11-2)12-10/h2-10H,1H3. The van der Waals surface area contributed by atoms with Crippen molar-refractivity contribution in [1.29, 1.82) is 0 Å². The molecule has 0 saturated carbocycles. The Morgan fingerprint density at radius 3 is 2.17 bits per heavy atom. The Balaban J connectivity index is 2.63. The van der Waals surface area contributed by atoms with Gasteiger partial charge in [0.2, 0.25) is 6.29 Å². The molecule has 1 aliphatic heterocycles. The number of ether oxygens (including phenoxy) is 1. The molecule has 1 aliphatic rings. The molecule has 1 fully saturated rings. The van der Waals surface area contributed by atoms with Crippen molar-refractivity contribution in [2.75, 3.05) is 0 Å². The van der Waals surface area contributed by atoms with Gasteiger partial charge in [-0.15, -0.1) is 0 Å². The van der Waals surface area contributed by atoms with E-state index in [1.807, 2.05) is 0 Å². The van der Waals surface area contributed by atoms with Gasteiger partial charge in [-0.1, -0.05) is 0 Å². The Hall–Kier alpha value is -0.240. The average Bonchev–Trinajstić information content (AvgIpc) is 2.08. The first-order valence-electron chi connectivity index (χ1n) is 3.57. The summed E-state index contributed by atoms with van der Waals surface area (Å²) in [5.74, 6) is 0. The Kier molecular flexibility index (Phi) is 2.99. The Bertz CT molecular complexity index is 146. The molecule has 5 atom stereocenters. The molecule has 6 nitrogen and oxygen atoms in total. The van der Waals surface area contributed by atoms with E-state index in [1.165, 1.54) is 6.92 Å². The maximum Gasteiger partial charge on any atom is 0.220 e. The van der Waals surface area contributed by atoms with Crippen LogP contribution in [0.25, 0.3) is 0 Å². The quantitative estimate of drug-likeness (QED) is 0.283. The molecule has 5 unspecified atom stereocenters. The van der Waals surface area contributed by atoms with Gasteiger partial charge in [-0.2, -0.15) is 0 Å². The summed E-state index contributed by atoms with van der Waals surface area (Å²) >= 11 is 0. The minimum atomic E-state index is -1.44. The van der Waals surface area contributed by atoms with Gasteiger partial charge in [-0.05, 0) is 6.92 Å². The molecule has 0 spiro atoms. The Labute approximate surface area is 68.9 Å². The minimum absolute atomic E-state index is 0.694. The zero-order valence-electron chi connectivity index (χ0n) is 6.49. The summed E-state index contributed by atoms with van der Waals surface area (Å²) in [6.45, 7) is 1.49. The normalized spacial score (nSPS) is 49.2. The van der Waals surface area contributed by atoms with Crippen molar-refractivity contribution >= 4 is 0 Å². The molecule has 72 valence electrons. The van der Waals surface area contributed by atoms with Gasteiger partial charge in [0.1, 0.15) is 18.3 Å². The lowest BCUT2D eigenvalue weighted by molar-refractivity contribution is -0.401. The second-order valence-corrected chi connectivity index (χ2v) is 2.79. The van der Waals surface area contributed by atoms with E-state index >= 15 is 0 Å². The van der Waals surface area contributed by atoms with Crippen LogP contribution in [0.5, 0.6) is 0 Å². The first-order valence-corrected chi connectivity index (χ1v) is 3.57. The summed E-state index contributed by atoms with van der Waals surface area (Å²) in [5.41, 5.74) is 0. The fourth-order valence-corrected chi connectivity index (χ4v) is 1.10. The van der Waals surface area contributed by atoms with Gasteiger partial charge >= 0.3 is 0 Å². The van der Waals surface area contributed by atoms with Crippen molar-refractivity contribution in [3.63, 3.8) is 0 Å². The third-order valence-electron chi connectivity index (χ3n) is 1.91. The van der Waals surface area contributed by atoms with Crippen molar-refractivity contribution in [2.45, 2.75) is 37.6 Å². The van der Waals surface area contributed by atoms with E-state index in [0.717, 1.165) is 0 Å². The van der Waals surface area contributed by atoms with Gasteiger partial charge in [0.15, 0.2) is 0 Å². The van der Waals surface area contributed by atoms with Crippen LogP contribution >= 0.6 is 0 Å². The third kappa shape index (κ3) is 1.58. The summed E-state index contributed by atoms with van der Waals surface area (Å²) in [5, 5.41) is 35.6. The van der Waals surface area contributed by atoms with Crippen LogP contribution in [0, 0.1) is 0 Å². The lowest BCUT2D eigenvalue weighted by Gasteiger charge is -2.37. The van der Waals surface area contributed by atoms with Gasteiger partial charge in [-0.25, -0.2) is 10.1 Å². The van der Waals surface area contributed by atoms with Crippen LogP contribution in [0.4, 0.5) is 0 Å². The topological polar surface area (TPSA) is 99.4 Å². The lowest BCUT2D eigenvalue weighted by Crippen LogP contribution is -2.57. The molecule has 1 rings (SSSR count). The zero-order chi connectivity index (χ0) is 9.30. The Morgan fingerprint density at radius 1 is 1.08 bits per heavy atom. The monoisotopic (exact) mass is 180 g/mol. The average molecular weight is 180 g/mol. The van der Waals surface area contributed by atoms with E-state index in [0.29, 0.717) is 0 Å². The minimum Gasteiger partial charge on any atom is -0.388 e. The third-order valence-corrected chi connectivity index (χ3v) is 1.91. The zero-order valence-corrected chi connectivity index (χ0v) is 6.49. The van der Waals surface area contributed by atoms with Crippen molar-refractivity contribution in [3.8, 4) is 0 Å². The predicted molar refractivity (Wildman–Crippen MR) is 36.1 cm³/mol. The van der Waals surface area contributed by atoms with Gasteiger partial charge in [-0.3, -0.25) is 0 Å². The second-order valence-electron chi connectivity index (χ2n) is 2.79. The van der Waals surface area contributed by atoms with Gasteiger partial charge in [0.05, 0.1) is 6.10 Å². The van der Waals surface area contributed by atoms with Crippen molar-refractivity contribution in [3.05, 3.63) is 0 Å². The molecule has 0 aliphatic carbocycles. The van der Waals surface area contributed by atoms with E-state index in [1.54, 1.807) is 0 Å². The smallest absolute Gasteiger partial charge is 0.220 e. The first kappa shape index (κ1) is 9.85. The first-order chi connectivity index (χ1) is 5.57. The van der Waals surface area contributed by atoms with E-state index in [9.17, 15) is 0 Å². The highest BCUT2D eigenvalue weighted by Gasteiger charge is 2.42. The molecule has 0 aromatic carbocycles. The largest absolute Gasteiger partial charge is 0.388 e. The fraction of sp³-hybridized carbons (Fsp3) is 1.00. The lowest BCUT2D eigenvalue weighted by atomic mass is 10.0. The SMILES string of the molecule is CC1OC(OO)C(O)C(O)C1O. The van der Waals surface area contributed by atoms with Crippen LogP contribution in [0.2, 0.25) is 0 Å². The van der Waals surface area contributed by atoms with Crippen LogP contribution in [-0.4, -0.2) is 51.3 Å². The summed E-state index contributed by atoms with van der Waals surface area (Å²) in [6.07, 6.45) is -5.99. The molecule has 0 aromatic rings. The van der Waals surface area contributed by atoms with Crippen LogP contribution in [0.3, 0.4) is 0 Å².